The quantitative estimate of drug-likeness (QED) is 0.846. The van der Waals surface area contributed by atoms with E-state index in [1.807, 2.05) is 10.9 Å². The number of anilines is 1. The number of amides is 1. The first-order valence-corrected chi connectivity index (χ1v) is 7.26. The zero-order valence-corrected chi connectivity index (χ0v) is 11.0. The molecule has 0 unspecified atom stereocenters. The van der Waals surface area contributed by atoms with Gasteiger partial charge in [0.05, 0.1) is 11.7 Å². The Kier molecular flexibility index (Phi) is 2.23. The number of nitrogens with two attached hydrogens (primary N) is 2. The third-order valence-corrected chi connectivity index (χ3v) is 5.48. The topological polar surface area (TPSA) is 86.9 Å². The molecule has 0 aromatic carbocycles. The van der Waals surface area contributed by atoms with Gasteiger partial charge < -0.3 is 11.5 Å². The van der Waals surface area contributed by atoms with Crippen LogP contribution in [0.2, 0.25) is 0 Å². The molecule has 4 N–H and O–H groups in total. The summed E-state index contributed by atoms with van der Waals surface area (Å²) in [6.45, 7) is 0. The molecule has 0 atom stereocenters. The summed E-state index contributed by atoms with van der Waals surface area (Å²) >= 11 is 0. The van der Waals surface area contributed by atoms with Gasteiger partial charge in [0.15, 0.2) is 5.69 Å². The van der Waals surface area contributed by atoms with E-state index < -0.39 is 5.91 Å². The lowest BCUT2D eigenvalue weighted by Gasteiger charge is -2.54. The molecule has 4 fully saturated rings. The number of primary amides is 1. The van der Waals surface area contributed by atoms with Crippen molar-refractivity contribution in [1.29, 1.82) is 0 Å². The Morgan fingerprint density at radius 1 is 1.16 bits per heavy atom. The van der Waals surface area contributed by atoms with Gasteiger partial charge in [-0.3, -0.25) is 9.48 Å². The first-order chi connectivity index (χ1) is 9.11. The highest BCUT2D eigenvalue weighted by atomic mass is 16.1. The zero-order valence-electron chi connectivity index (χ0n) is 11.0. The molecule has 4 saturated carbocycles. The van der Waals surface area contributed by atoms with E-state index in [4.69, 9.17) is 11.5 Å². The number of hydrogen-bond donors (Lipinski definition) is 2. The third-order valence-electron chi connectivity index (χ3n) is 5.48. The Labute approximate surface area is 112 Å². The summed E-state index contributed by atoms with van der Waals surface area (Å²) in [5.74, 6) is 2.78. The highest BCUT2D eigenvalue weighted by molar-refractivity contribution is 5.95. The van der Waals surface area contributed by atoms with Crippen molar-refractivity contribution in [1.82, 2.24) is 9.78 Å². The van der Waals surface area contributed by atoms with Crippen molar-refractivity contribution in [2.24, 2.45) is 29.4 Å². The summed E-state index contributed by atoms with van der Waals surface area (Å²) in [5.41, 5.74) is 11.8. The van der Waals surface area contributed by atoms with E-state index in [-0.39, 0.29) is 5.69 Å². The lowest BCUT2D eigenvalue weighted by Crippen LogP contribution is -2.46. The molecule has 0 spiro atoms. The fourth-order valence-electron chi connectivity index (χ4n) is 5.08. The van der Waals surface area contributed by atoms with Crippen molar-refractivity contribution in [3.05, 3.63) is 11.9 Å². The number of rotatable bonds is 2. The van der Waals surface area contributed by atoms with Gasteiger partial charge in [0.2, 0.25) is 0 Å². The van der Waals surface area contributed by atoms with Crippen molar-refractivity contribution in [3.8, 4) is 0 Å². The average Bonchev–Trinajstić information content (AvgIpc) is 2.69. The smallest absolute Gasteiger partial charge is 0.271 e. The van der Waals surface area contributed by atoms with Crippen LogP contribution in [0.3, 0.4) is 0 Å². The predicted molar refractivity (Wildman–Crippen MR) is 71.2 cm³/mol. The highest BCUT2D eigenvalue weighted by Crippen LogP contribution is 2.58. The number of nitrogens with zero attached hydrogens (tertiary/aromatic N) is 2. The Bertz CT molecular complexity index is 508. The van der Waals surface area contributed by atoms with Crippen molar-refractivity contribution in [2.45, 2.75) is 38.1 Å². The van der Waals surface area contributed by atoms with E-state index in [1.165, 1.54) is 32.1 Å². The Morgan fingerprint density at radius 3 is 2.21 bits per heavy atom. The van der Waals surface area contributed by atoms with Crippen LogP contribution >= 0.6 is 0 Å². The minimum absolute atomic E-state index is 0.230. The molecule has 5 nitrogen and oxygen atoms in total. The molecule has 0 aliphatic heterocycles. The Balaban J connectivity index is 1.69. The molecule has 4 bridgehead atoms. The Hall–Kier alpha value is -1.52. The summed E-state index contributed by atoms with van der Waals surface area (Å²) < 4.78 is 1.95. The van der Waals surface area contributed by atoms with Gasteiger partial charge in [-0.1, -0.05) is 0 Å². The molecule has 1 aromatic heterocycles. The van der Waals surface area contributed by atoms with Crippen LogP contribution in [-0.4, -0.2) is 15.7 Å². The Morgan fingerprint density at radius 2 is 1.74 bits per heavy atom. The number of hydrogen-bond acceptors (Lipinski definition) is 3. The SMILES string of the molecule is NC(=O)c1nn(C2C3CC4CC(C3)CC2C4)cc1N. The second-order valence-corrected chi connectivity index (χ2v) is 6.70. The lowest BCUT2D eigenvalue weighted by atomic mass is 9.54. The standard InChI is InChI=1S/C14H20N4O/c15-11-6-18(17-12(11)14(16)19)13-9-2-7-1-8(4-9)5-10(13)3-7/h6-10,13H,1-5,15H2,(H2,16,19). The molecule has 19 heavy (non-hydrogen) atoms. The minimum atomic E-state index is -0.528. The monoisotopic (exact) mass is 260 g/mol. The minimum Gasteiger partial charge on any atom is -0.396 e. The fraction of sp³-hybridized carbons (Fsp3) is 0.714. The molecule has 1 aromatic rings. The second-order valence-electron chi connectivity index (χ2n) is 6.70. The van der Waals surface area contributed by atoms with E-state index in [9.17, 15) is 4.79 Å². The van der Waals surface area contributed by atoms with Gasteiger partial charge in [-0.25, -0.2) is 0 Å². The third kappa shape index (κ3) is 1.60. The number of carbonyl (C=O) groups excluding carboxylic acids is 1. The van der Waals surface area contributed by atoms with Crippen LogP contribution < -0.4 is 11.5 Å². The molecular formula is C14H20N4O. The van der Waals surface area contributed by atoms with Crippen molar-refractivity contribution in [3.63, 3.8) is 0 Å². The van der Waals surface area contributed by atoms with Gasteiger partial charge in [-0.15, -0.1) is 0 Å². The van der Waals surface area contributed by atoms with Crippen LogP contribution in [-0.2, 0) is 0 Å². The van der Waals surface area contributed by atoms with E-state index in [0.29, 0.717) is 11.7 Å². The molecule has 0 saturated heterocycles. The van der Waals surface area contributed by atoms with Gasteiger partial charge >= 0.3 is 0 Å². The van der Waals surface area contributed by atoms with Gasteiger partial charge in [0.1, 0.15) is 0 Å². The van der Waals surface area contributed by atoms with Crippen molar-refractivity contribution >= 4 is 11.6 Å². The number of aromatic nitrogens is 2. The van der Waals surface area contributed by atoms with E-state index in [2.05, 4.69) is 5.10 Å². The van der Waals surface area contributed by atoms with Gasteiger partial charge in [-0.2, -0.15) is 5.10 Å². The largest absolute Gasteiger partial charge is 0.396 e. The molecule has 5 rings (SSSR count). The van der Waals surface area contributed by atoms with Crippen LogP contribution in [0, 0.1) is 23.7 Å². The first kappa shape index (κ1) is 11.3. The second kappa shape index (κ2) is 3.74. The molecule has 4 aliphatic rings. The molecule has 102 valence electrons. The van der Waals surface area contributed by atoms with E-state index >= 15 is 0 Å². The summed E-state index contributed by atoms with van der Waals surface area (Å²) in [7, 11) is 0. The molecule has 1 amide bonds. The maximum absolute atomic E-state index is 11.3. The van der Waals surface area contributed by atoms with Gasteiger partial charge in [0.25, 0.3) is 5.91 Å². The van der Waals surface area contributed by atoms with Gasteiger partial charge in [0, 0.05) is 6.20 Å². The normalized spacial score (nSPS) is 39.7. The highest BCUT2D eigenvalue weighted by Gasteiger charge is 2.49. The lowest BCUT2D eigenvalue weighted by molar-refractivity contribution is -0.0337. The van der Waals surface area contributed by atoms with Crippen LogP contribution in [0.5, 0.6) is 0 Å². The van der Waals surface area contributed by atoms with E-state index in [1.54, 1.807) is 0 Å². The average molecular weight is 260 g/mol. The van der Waals surface area contributed by atoms with Crippen molar-refractivity contribution < 1.29 is 4.79 Å². The summed E-state index contributed by atoms with van der Waals surface area (Å²) in [4.78, 5) is 11.3. The molecule has 5 heteroatoms. The summed E-state index contributed by atoms with van der Waals surface area (Å²) in [6.07, 6.45) is 8.54. The van der Waals surface area contributed by atoms with E-state index in [0.717, 1.165) is 23.7 Å². The predicted octanol–water partition coefficient (Wildman–Crippen LogP) is 1.56. The number of nitrogen functional groups attached to an aromatic ring is 1. The molecular weight excluding hydrogens is 240 g/mol. The maximum atomic E-state index is 11.3. The van der Waals surface area contributed by atoms with Crippen molar-refractivity contribution in [2.75, 3.05) is 5.73 Å². The zero-order chi connectivity index (χ0) is 13.1. The van der Waals surface area contributed by atoms with Crippen LogP contribution in [0.15, 0.2) is 6.20 Å². The first-order valence-electron chi connectivity index (χ1n) is 7.26. The molecule has 1 heterocycles. The molecule has 4 aliphatic carbocycles. The maximum Gasteiger partial charge on any atom is 0.271 e. The van der Waals surface area contributed by atoms with Crippen LogP contribution in [0.4, 0.5) is 5.69 Å². The van der Waals surface area contributed by atoms with Gasteiger partial charge in [-0.05, 0) is 55.8 Å². The number of carbonyl (C=O) groups is 1. The summed E-state index contributed by atoms with van der Waals surface area (Å²) in [6, 6.07) is 0.434. The van der Waals surface area contributed by atoms with Crippen LogP contribution in [0.1, 0.15) is 48.6 Å². The summed E-state index contributed by atoms with van der Waals surface area (Å²) in [5, 5.41) is 4.37. The van der Waals surface area contributed by atoms with Crippen LogP contribution in [0.25, 0.3) is 0 Å². The molecule has 0 radical (unpaired) electrons. The fourth-order valence-corrected chi connectivity index (χ4v) is 5.08.